The predicted octanol–water partition coefficient (Wildman–Crippen LogP) is 8.42. The van der Waals surface area contributed by atoms with E-state index in [1.807, 2.05) is 42.5 Å². The number of methoxy groups -OCH3 is 5. The molecular formula is C38H44NO10P. The lowest BCUT2D eigenvalue weighted by molar-refractivity contribution is -0.133. The molecule has 4 aromatic rings. The Morgan fingerprint density at radius 2 is 1.26 bits per heavy atom. The number of anilines is 1. The fourth-order valence-corrected chi connectivity index (χ4v) is 7.08. The van der Waals surface area contributed by atoms with E-state index in [2.05, 4.69) is 5.32 Å². The van der Waals surface area contributed by atoms with Gasteiger partial charge >= 0.3 is 13.6 Å². The molecule has 1 N–H and O–H groups in total. The largest absolute Gasteiger partial charge is 0.497 e. The molecular weight excluding hydrogens is 661 g/mol. The Bertz CT molecular complexity index is 1760. The van der Waals surface area contributed by atoms with Crippen LogP contribution in [-0.2, 0) is 24.8 Å². The molecule has 0 heterocycles. The van der Waals surface area contributed by atoms with Crippen LogP contribution < -0.4 is 33.7 Å². The van der Waals surface area contributed by atoms with Crippen LogP contribution in [0.1, 0.15) is 41.9 Å². The van der Waals surface area contributed by atoms with E-state index in [9.17, 15) is 9.36 Å². The van der Waals surface area contributed by atoms with Gasteiger partial charge in [0.15, 0.2) is 28.8 Å². The number of nitrogens with one attached hydrogen (secondary N) is 1. The van der Waals surface area contributed by atoms with E-state index in [0.717, 1.165) is 16.7 Å². The third-order valence-electron chi connectivity index (χ3n) is 7.54. The number of carbonyl (C=O) groups excluding carboxylic acids is 1. The molecule has 11 nitrogen and oxygen atoms in total. The second-order valence-corrected chi connectivity index (χ2v) is 12.9. The van der Waals surface area contributed by atoms with Crippen molar-refractivity contribution in [1.29, 1.82) is 0 Å². The summed E-state index contributed by atoms with van der Waals surface area (Å²) in [6, 6.07) is 23.4. The molecule has 0 saturated heterocycles. The summed E-state index contributed by atoms with van der Waals surface area (Å²) in [5, 5.41) is 3.31. The van der Waals surface area contributed by atoms with Crippen LogP contribution in [0.3, 0.4) is 0 Å². The van der Waals surface area contributed by atoms with E-state index in [1.165, 1.54) is 7.11 Å². The van der Waals surface area contributed by atoms with Gasteiger partial charge in [0.05, 0.1) is 55.2 Å². The number of carbonyl (C=O) groups is 1. The molecule has 12 heteroatoms. The van der Waals surface area contributed by atoms with Gasteiger partial charge in [-0.2, -0.15) is 0 Å². The Morgan fingerprint density at radius 1 is 0.680 bits per heavy atom. The normalized spacial score (nSPS) is 11.9. The van der Waals surface area contributed by atoms with Crippen LogP contribution in [0.4, 0.5) is 5.69 Å². The van der Waals surface area contributed by atoms with Gasteiger partial charge < -0.3 is 42.8 Å². The minimum Gasteiger partial charge on any atom is -0.497 e. The van der Waals surface area contributed by atoms with Gasteiger partial charge in [-0.15, -0.1) is 0 Å². The van der Waals surface area contributed by atoms with Gasteiger partial charge in [-0.3, -0.25) is 9.36 Å². The summed E-state index contributed by atoms with van der Waals surface area (Å²) in [7, 11) is 4.15. The molecule has 0 aliphatic carbocycles. The van der Waals surface area contributed by atoms with Crippen LogP contribution >= 0.6 is 7.60 Å². The minimum atomic E-state index is -3.62. The van der Waals surface area contributed by atoms with Crippen molar-refractivity contribution >= 4 is 31.4 Å². The molecule has 266 valence electrons. The van der Waals surface area contributed by atoms with Crippen molar-refractivity contribution < 1.29 is 46.8 Å². The molecule has 0 amide bonds. The monoisotopic (exact) mass is 705 g/mol. The molecule has 0 aliphatic rings. The van der Waals surface area contributed by atoms with Crippen LogP contribution in [0, 0.1) is 0 Å². The molecule has 4 aromatic carbocycles. The van der Waals surface area contributed by atoms with Crippen LogP contribution in [0.25, 0.3) is 12.2 Å². The lowest BCUT2D eigenvalue weighted by Gasteiger charge is -2.28. The highest BCUT2D eigenvalue weighted by atomic mass is 31.2. The van der Waals surface area contributed by atoms with Crippen LogP contribution in [0.5, 0.6) is 34.5 Å². The van der Waals surface area contributed by atoms with Gasteiger partial charge in [-0.1, -0.05) is 42.5 Å². The van der Waals surface area contributed by atoms with E-state index < -0.39 is 19.3 Å². The van der Waals surface area contributed by atoms with Gasteiger partial charge in [0.2, 0.25) is 5.75 Å². The summed E-state index contributed by atoms with van der Waals surface area (Å²) >= 11 is 0. The quantitative estimate of drug-likeness (QED) is 0.0465. The van der Waals surface area contributed by atoms with E-state index in [1.54, 1.807) is 90.8 Å². The van der Waals surface area contributed by atoms with Gasteiger partial charge in [0.25, 0.3) is 0 Å². The van der Waals surface area contributed by atoms with Crippen LogP contribution in [-0.4, -0.2) is 54.7 Å². The van der Waals surface area contributed by atoms with E-state index in [0.29, 0.717) is 40.0 Å². The van der Waals surface area contributed by atoms with Gasteiger partial charge in [0.1, 0.15) is 5.75 Å². The molecule has 50 heavy (non-hydrogen) atoms. The third-order valence-corrected chi connectivity index (χ3v) is 9.83. The Kier molecular flexibility index (Phi) is 13.7. The second kappa shape index (κ2) is 18.2. The van der Waals surface area contributed by atoms with Crippen molar-refractivity contribution in [3.63, 3.8) is 0 Å². The summed E-state index contributed by atoms with van der Waals surface area (Å²) < 4.78 is 58.1. The molecule has 4 rings (SSSR count). The lowest BCUT2D eigenvalue weighted by atomic mass is 10.1. The molecule has 0 fully saturated rings. The zero-order chi connectivity index (χ0) is 36.1. The van der Waals surface area contributed by atoms with Crippen molar-refractivity contribution in [3.05, 3.63) is 101 Å². The van der Waals surface area contributed by atoms with E-state index in [4.69, 9.17) is 37.5 Å². The van der Waals surface area contributed by atoms with E-state index >= 15 is 0 Å². The number of hydrogen-bond donors (Lipinski definition) is 1. The van der Waals surface area contributed by atoms with Crippen molar-refractivity contribution in [1.82, 2.24) is 0 Å². The molecule has 0 saturated carbocycles. The van der Waals surface area contributed by atoms with Crippen molar-refractivity contribution in [2.45, 2.75) is 26.1 Å². The van der Waals surface area contributed by atoms with Crippen LogP contribution in [0.2, 0.25) is 0 Å². The zero-order valence-corrected chi connectivity index (χ0v) is 30.3. The first-order chi connectivity index (χ1) is 24.2. The van der Waals surface area contributed by atoms with E-state index in [-0.39, 0.29) is 25.4 Å². The number of benzene rings is 4. The van der Waals surface area contributed by atoms with Crippen molar-refractivity contribution in [3.8, 4) is 34.5 Å². The lowest BCUT2D eigenvalue weighted by Crippen LogP contribution is -2.15. The SMILES string of the molecule is CCOP(=O)(OCC)C(Nc1ccc(CC(=O)Oc2cc(/C=C\c3cc(OC)c(OC)c(OC)c3)ccc2OC)cc1)c1ccc(OC)cc1. The fourth-order valence-electron chi connectivity index (χ4n) is 5.15. The predicted molar refractivity (Wildman–Crippen MR) is 194 cm³/mol. The first kappa shape index (κ1) is 37.9. The molecule has 0 aromatic heterocycles. The molecule has 0 aliphatic heterocycles. The molecule has 1 unspecified atom stereocenters. The topological polar surface area (TPSA) is 120 Å². The van der Waals surface area contributed by atoms with Crippen molar-refractivity contribution in [2.75, 3.05) is 54.1 Å². The number of ether oxygens (including phenoxy) is 6. The number of hydrogen-bond acceptors (Lipinski definition) is 11. The highest BCUT2D eigenvalue weighted by Crippen LogP contribution is 2.60. The summed E-state index contributed by atoms with van der Waals surface area (Å²) in [6.45, 7) is 3.96. The average molecular weight is 706 g/mol. The summed E-state index contributed by atoms with van der Waals surface area (Å²) in [5.74, 6) is 1.69. The molecule has 1 atom stereocenters. The molecule has 0 radical (unpaired) electrons. The summed E-state index contributed by atoms with van der Waals surface area (Å²) in [6.07, 6.45) is 3.76. The first-order valence-corrected chi connectivity index (χ1v) is 17.6. The average Bonchev–Trinajstić information content (AvgIpc) is 3.13. The zero-order valence-electron chi connectivity index (χ0n) is 29.4. The summed E-state index contributed by atoms with van der Waals surface area (Å²) in [4.78, 5) is 13.1. The maximum atomic E-state index is 13.9. The minimum absolute atomic E-state index is 0.00717. The first-order valence-electron chi connectivity index (χ1n) is 16.0. The maximum absolute atomic E-state index is 13.9. The maximum Gasteiger partial charge on any atom is 0.357 e. The highest BCUT2D eigenvalue weighted by molar-refractivity contribution is 7.54. The molecule has 0 spiro atoms. The third kappa shape index (κ3) is 9.59. The fraction of sp³-hybridized carbons (Fsp3) is 0.289. The Hall–Kier alpha value is -4.96. The summed E-state index contributed by atoms with van der Waals surface area (Å²) in [5.41, 5.74) is 3.69. The standard InChI is InChI=1S/C38H44NO10P/c1-8-47-50(41,48-9-2)38(29-15-19-31(42-3)20-16-29)39-30-17-12-27(13-18-30)25-36(40)49-33-22-26(14-21-32(33)43-4)10-11-28-23-34(44-5)37(46-7)35(24-28)45-6/h10-24,38-39H,8-9,25H2,1-7H3/b11-10-. The highest BCUT2D eigenvalue weighted by Gasteiger charge is 2.37. The number of esters is 1. The van der Waals surface area contributed by atoms with Gasteiger partial charge in [0, 0.05) is 5.69 Å². The second-order valence-electron chi connectivity index (χ2n) is 10.7. The van der Waals surface area contributed by atoms with Crippen molar-refractivity contribution in [2.24, 2.45) is 0 Å². The Balaban J connectivity index is 1.48. The smallest absolute Gasteiger partial charge is 0.357 e. The number of rotatable bonds is 18. The Labute approximate surface area is 293 Å². The Morgan fingerprint density at radius 3 is 1.80 bits per heavy atom. The molecule has 0 bridgehead atoms. The van der Waals surface area contributed by atoms with Crippen LogP contribution in [0.15, 0.2) is 78.9 Å². The van der Waals surface area contributed by atoms with Gasteiger partial charge in [-0.25, -0.2) is 0 Å². The van der Waals surface area contributed by atoms with Gasteiger partial charge in [-0.05, 0) is 84.6 Å².